The van der Waals surface area contributed by atoms with Gasteiger partial charge in [-0.15, -0.1) is 0 Å². The zero-order valence-corrected chi connectivity index (χ0v) is 33.4. The Kier molecular flexibility index (Phi) is 40.0. The topological polar surface area (TPSA) is 72.8 Å². The fourth-order valence-corrected chi connectivity index (χ4v) is 5.77. The first-order chi connectivity index (χ1) is 25.1. The van der Waals surface area contributed by atoms with Gasteiger partial charge in [-0.25, -0.2) is 0 Å². The third-order valence-electron chi connectivity index (χ3n) is 9.03. The normalized spacial score (nSPS) is 12.8. The highest BCUT2D eigenvalue weighted by Crippen LogP contribution is 2.12. The first-order valence-corrected chi connectivity index (χ1v) is 21.3. The van der Waals surface area contributed by atoms with Gasteiger partial charge in [-0.1, -0.05) is 164 Å². The van der Waals surface area contributed by atoms with E-state index < -0.39 is 6.10 Å². The molecule has 0 rings (SSSR count). The predicted octanol–water partition coefficient (Wildman–Crippen LogP) is 13.6. The van der Waals surface area contributed by atoms with Gasteiger partial charge >= 0.3 is 11.9 Å². The number of carbonyl (C=O) groups excluding carboxylic acids is 2. The summed E-state index contributed by atoms with van der Waals surface area (Å²) >= 11 is 0. The molecule has 0 radical (unpaired) electrons. The molecule has 1 unspecified atom stereocenters. The molecule has 0 fully saturated rings. The van der Waals surface area contributed by atoms with Crippen LogP contribution in [-0.4, -0.2) is 36.4 Å². The van der Waals surface area contributed by atoms with Gasteiger partial charge in [0, 0.05) is 12.8 Å². The molecule has 0 aromatic carbocycles. The molecule has 0 saturated carbocycles. The zero-order valence-electron chi connectivity index (χ0n) is 33.4. The second kappa shape index (κ2) is 42.0. The highest BCUT2D eigenvalue weighted by Gasteiger charge is 2.16. The second-order valence-corrected chi connectivity index (χ2v) is 14.1. The van der Waals surface area contributed by atoms with Crippen molar-refractivity contribution < 1.29 is 24.2 Å². The summed E-state index contributed by atoms with van der Waals surface area (Å²) in [6, 6.07) is 0. The Balaban J connectivity index is 3.61. The summed E-state index contributed by atoms with van der Waals surface area (Å²) < 4.78 is 10.6. The third kappa shape index (κ3) is 40.2. The fraction of sp³-hybridized carbons (Fsp3) is 0.739. The Morgan fingerprint density at radius 2 is 0.784 bits per heavy atom. The number of aliphatic hydroxyl groups is 1. The third-order valence-corrected chi connectivity index (χ3v) is 9.03. The summed E-state index contributed by atoms with van der Waals surface area (Å²) in [4.78, 5) is 24.3. The predicted molar refractivity (Wildman–Crippen MR) is 219 cm³/mol. The van der Waals surface area contributed by atoms with Crippen molar-refractivity contribution in [3.63, 3.8) is 0 Å². The van der Waals surface area contributed by atoms with Crippen molar-refractivity contribution in [3.05, 3.63) is 60.8 Å². The molecular weight excluding hydrogens is 633 g/mol. The van der Waals surface area contributed by atoms with E-state index in [9.17, 15) is 14.7 Å². The number of aliphatic hydroxyl groups excluding tert-OH is 1. The molecule has 0 aliphatic heterocycles. The van der Waals surface area contributed by atoms with Crippen molar-refractivity contribution in [1.82, 2.24) is 0 Å². The average Bonchev–Trinajstić information content (AvgIpc) is 3.13. The summed E-state index contributed by atoms with van der Waals surface area (Å²) in [7, 11) is 0. The largest absolute Gasteiger partial charge is 0.462 e. The van der Waals surface area contributed by atoms with E-state index in [1.165, 1.54) is 103 Å². The second-order valence-electron chi connectivity index (χ2n) is 14.1. The molecule has 5 nitrogen and oxygen atoms in total. The first-order valence-electron chi connectivity index (χ1n) is 21.3. The minimum absolute atomic E-state index is 0.0805. The van der Waals surface area contributed by atoms with E-state index in [0.717, 1.165) is 70.6 Å². The van der Waals surface area contributed by atoms with Crippen LogP contribution in [0.5, 0.6) is 0 Å². The molecule has 5 heteroatoms. The Labute approximate surface area is 315 Å². The molecular formula is C46H80O5. The van der Waals surface area contributed by atoms with Gasteiger partial charge in [0.05, 0.1) is 6.61 Å². The van der Waals surface area contributed by atoms with Crippen LogP contribution in [0, 0.1) is 0 Å². The number of ether oxygens (including phenoxy) is 2. The van der Waals surface area contributed by atoms with E-state index in [2.05, 4.69) is 74.6 Å². The summed E-state index contributed by atoms with van der Waals surface area (Å²) in [5, 5.41) is 9.57. The van der Waals surface area contributed by atoms with E-state index in [4.69, 9.17) is 9.47 Å². The van der Waals surface area contributed by atoms with E-state index in [1.807, 2.05) is 0 Å². The van der Waals surface area contributed by atoms with E-state index >= 15 is 0 Å². The van der Waals surface area contributed by atoms with Crippen LogP contribution in [0.4, 0.5) is 0 Å². The number of carbonyl (C=O) groups is 2. The maximum atomic E-state index is 12.2. The molecule has 0 aliphatic rings. The fourth-order valence-electron chi connectivity index (χ4n) is 5.77. The molecule has 0 aliphatic carbocycles. The molecule has 0 saturated heterocycles. The number of allylic oxidation sites excluding steroid dienone is 10. The lowest BCUT2D eigenvalue weighted by Gasteiger charge is -2.15. The van der Waals surface area contributed by atoms with Gasteiger partial charge in [0.15, 0.2) is 6.10 Å². The van der Waals surface area contributed by atoms with Crippen LogP contribution in [0.3, 0.4) is 0 Å². The van der Waals surface area contributed by atoms with Crippen LogP contribution in [0.1, 0.15) is 200 Å². The smallest absolute Gasteiger partial charge is 0.306 e. The molecule has 0 aromatic rings. The number of hydrogen-bond acceptors (Lipinski definition) is 5. The number of esters is 2. The van der Waals surface area contributed by atoms with Crippen molar-refractivity contribution in [2.45, 2.75) is 206 Å². The van der Waals surface area contributed by atoms with Crippen LogP contribution in [0.15, 0.2) is 60.8 Å². The molecule has 1 atom stereocenters. The monoisotopic (exact) mass is 713 g/mol. The molecule has 0 aromatic heterocycles. The molecule has 0 spiro atoms. The van der Waals surface area contributed by atoms with Crippen LogP contribution in [0.25, 0.3) is 0 Å². The van der Waals surface area contributed by atoms with Gasteiger partial charge in [0.2, 0.25) is 0 Å². The van der Waals surface area contributed by atoms with Gasteiger partial charge in [0.1, 0.15) is 6.61 Å². The van der Waals surface area contributed by atoms with Gasteiger partial charge in [-0.05, 0) is 83.5 Å². The summed E-state index contributed by atoms with van der Waals surface area (Å²) in [5.41, 5.74) is 0. The van der Waals surface area contributed by atoms with Crippen molar-refractivity contribution in [3.8, 4) is 0 Å². The van der Waals surface area contributed by atoms with Crippen LogP contribution >= 0.6 is 0 Å². The highest BCUT2D eigenvalue weighted by molar-refractivity contribution is 5.70. The average molecular weight is 713 g/mol. The van der Waals surface area contributed by atoms with E-state index in [0.29, 0.717) is 12.8 Å². The van der Waals surface area contributed by atoms with E-state index in [1.54, 1.807) is 0 Å². The minimum atomic E-state index is -0.786. The Bertz CT molecular complexity index is 899. The SMILES string of the molecule is CCCCCC/C=C\C/C=C\CCCCCCCC(=O)OCC(CO)OC(=O)CCCCCCCC/C=C\C/C=C\C/C=C\CCCCCCC. The van der Waals surface area contributed by atoms with Crippen LogP contribution in [-0.2, 0) is 19.1 Å². The van der Waals surface area contributed by atoms with Gasteiger partial charge < -0.3 is 14.6 Å². The lowest BCUT2D eigenvalue weighted by atomic mass is 10.1. The maximum Gasteiger partial charge on any atom is 0.306 e. The summed E-state index contributed by atoms with van der Waals surface area (Å²) in [6.07, 6.45) is 54.2. The van der Waals surface area contributed by atoms with Crippen molar-refractivity contribution >= 4 is 11.9 Å². The standard InChI is InChI=1S/C46H80O5/c1-3-5-7-9-11-13-15-17-19-21-22-23-24-25-27-29-31-33-35-37-39-41-46(49)51-44(42-47)43-50-45(48)40-38-36-34-32-30-28-26-20-18-16-14-12-10-8-6-4-2/h14-17,20-22,24-26,44,47H,3-13,18-19,23,27-43H2,1-2H3/b16-14-,17-15-,22-21-,25-24-,26-20-. The lowest BCUT2D eigenvalue weighted by Crippen LogP contribution is -2.28. The highest BCUT2D eigenvalue weighted by atomic mass is 16.6. The lowest BCUT2D eigenvalue weighted by molar-refractivity contribution is -0.161. The molecule has 1 N–H and O–H groups in total. The molecule has 294 valence electrons. The first kappa shape index (κ1) is 48.6. The summed E-state index contributed by atoms with van der Waals surface area (Å²) in [6.45, 7) is 4.08. The summed E-state index contributed by atoms with van der Waals surface area (Å²) in [5.74, 6) is -0.623. The Morgan fingerprint density at radius 1 is 0.451 bits per heavy atom. The Hall–Kier alpha value is -2.40. The maximum absolute atomic E-state index is 12.2. The van der Waals surface area contributed by atoms with Crippen LogP contribution < -0.4 is 0 Å². The van der Waals surface area contributed by atoms with Crippen molar-refractivity contribution in [1.29, 1.82) is 0 Å². The quantitative estimate of drug-likeness (QED) is 0.0392. The molecule has 0 amide bonds. The van der Waals surface area contributed by atoms with Crippen molar-refractivity contribution in [2.75, 3.05) is 13.2 Å². The minimum Gasteiger partial charge on any atom is -0.462 e. The van der Waals surface area contributed by atoms with E-state index in [-0.39, 0.29) is 25.2 Å². The molecule has 51 heavy (non-hydrogen) atoms. The number of rotatable bonds is 38. The zero-order chi connectivity index (χ0) is 37.1. The van der Waals surface area contributed by atoms with Gasteiger partial charge in [-0.3, -0.25) is 9.59 Å². The number of unbranched alkanes of at least 4 members (excludes halogenated alkanes) is 20. The molecule has 0 heterocycles. The van der Waals surface area contributed by atoms with Gasteiger partial charge in [0.25, 0.3) is 0 Å². The Morgan fingerprint density at radius 3 is 1.20 bits per heavy atom. The molecule has 0 bridgehead atoms. The van der Waals surface area contributed by atoms with Crippen LogP contribution in [0.2, 0.25) is 0 Å². The number of hydrogen-bond donors (Lipinski definition) is 1. The van der Waals surface area contributed by atoms with Crippen molar-refractivity contribution in [2.24, 2.45) is 0 Å². The van der Waals surface area contributed by atoms with Gasteiger partial charge in [-0.2, -0.15) is 0 Å².